The standard InChI is InChI=1S/C18H33N3O2/c1-13-6-9-21(10-7-13)11-8-20-16(22)18(19)14-5-4-12-23-15(14)17(18,2)3/h13-15H,4-12,19H2,1-3H3,(H,20,22). The first-order valence-electron chi connectivity index (χ1n) is 9.28. The molecular formula is C18H33N3O2. The van der Waals surface area contributed by atoms with Gasteiger partial charge in [-0.05, 0) is 44.7 Å². The zero-order chi connectivity index (χ0) is 16.7. The van der Waals surface area contributed by atoms with Gasteiger partial charge in [0.15, 0.2) is 0 Å². The number of piperidine rings is 1. The van der Waals surface area contributed by atoms with Crippen molar-refractivity contribution in [3.05, 3.63) is 0 Å². The highest BCUT2D eigenvalue weighted by atomic mass is 16.5. The van der Waals surface area contributed by atoms with Crippen LogP contribution in [0.1, 0.15) is 46.5 Å². The van der Waals surface area contributed by atoms with Crippen LogP contribution in [0.5, 0.6) is 0 Å². The third kappa shape index (κ3) is 2.81. The lowest BCUT2D eigenvalue weighted by atomic mass is 9.46. The average molecular weight is 323 g/mol. The van der Waals surface area contributed by atoms with Crippen LogP contribution in [0.25, 0.3) is 0 Å². The molecule has 0 radical (unpaired) electrons. The zero-order valence-corrected chi connectivity index (χ0v) is 14.9. The highest BCUT2D eigenvalue weighted by Crippen LogP contribution is 2.57. The minimum Gasteiger partial charge on any atom is -0.377 e. The number of nitrogens with zero attached hydrogens (tertiary/aromatic N) is 1. The molecule has 0 spiro atoms. The van der Waals surface area contributed by atoms with E-state index < -0.39 is 5.54 Å². The van der Waals surface area contributed by atoms with Crippen molar-refractivity contribution in [2.45, 2.75) is 58.1 Å². The number of carbonyl (C=O) groups excluding carboxylic acids is 1. The van der Waals surface area contributed by atoms with Gasteiger partial charge in [-0.1, -0.05) is 20.8 Å². The number of hydrogen-bond acceptors (Lipinski definition) is 4. The average Bonchev–Trinajstić information content (AvgIpc) is 2.55. The van der Waals surface area contributed by atoms with E-state index in [9.17, 15) is 4.79 Å². The Morgan fingerprint density at radius 2 is 2.00 bits per heavy atom. The molecule has 3 aliphatic rings. The lowest BCUT2D eigenvalue weighted by Gasteiger charge is -2.65. The van der Waals surface area contributed by atoms with Crippen LogP contribution in [0.4, 0.5) is 0 Å². The highest BCUT2D eigenvalue weighted by molar-refractivity contribution is 5.89. The number of carbonyl (C=O) groups is 1. The molecule has 5 nitrogen and oxygen atoms in total. The maximum atomic E-state index is 12.8. The molecule has 1 aliphatic carbocycles. The smallest absolute Gasteiger partial charge is 0.241 e. The van der Waals surface area contributed by atoms with Crippen LogP contribution in [-0.2, 0) is 9.53 Å². The first-order valence-corrected chi connectivity index (χ1v) is 9.28. The fourth-order valence-corrected chi connectivity index (χ4v) is 4.80. The monoisotopic (exact) mass is 323 g/mol. The Bertz CT molecular complexity index is 446. The van der Waals surface area contributed by atoms with E-state index in [-0.39, 0.29) is 23.3 Å². The summed E-state index contributed by atoms with van der Waals surface area (Å²) in [5.41, 5.74) is 5.54. The van der Waals surface area contributed by atoms with Gasteiger partial charge in [-0.25, -0.2) is 0 Å². The summed E-state index contributed by atoms with van der Waals surface area (Å²) in [5, 5.41) is 3.11. The topological polar surface area (TPSA) is 67.6 Å². The summed E-state index contributed by atoms with van der Waals surface area (Å²) in [7, 11) is 0. The summed E-state index contributed by atoms with van der Waals surface area (Å²) >= 11 is 0. The van der Waals surface area contributed by atoms with Gasteiger partial charge < -0.3 is 20.7 Å². The second kappa shape index (κ2) is 6.34. The predicted molar refractivity (Wildman–Crippen MR) is 91.0 cm³/mol. The third-order valence-electron chi connectivity index (χ3n) is 6.65. The summed E-state index contributed by atoms with van der Waals surface area (Å²) in [4.78, 5) is 15.2. The normalized spacial score (nSPS) is 37.7. The Morgan fingerprint density at radius 3 is 2.70 bits per heavy atom. The number of nitrogens with one attached hydrogen (secondary N) is 1. The van der Waals surface area contributed by atoms with Gasteiger partial charge in [0.05, 0.1) is 6.10 Å². The predicted octanol–water partition coefficient (Wildman–Crippen LogP) is 1.37. The van der Waals surface area contributed by atoms with Crippen molar-refractivity contribution in [1.29, 1.82) is 0 Å². The number of amides is 1. The van der Waals surface area contributed by atoms with E-state index in [0.29, 0.717) is 6.54 Å². The zero-order valence-electron chi connectivity index (χ0n) is 14.9. The van der Waals surface area contributed by atoms with Gasteiger partial charge in [0, 0.05) is 31.0 Å². The number of hydrogen-bond donors (Lipinski definition) is 2. The van der Waals surface area contributed by atoms with Crippen LogP contribution in [-0.4, -0.2) is 55.2 Å². The summed E-state index contributed by atoms with van der Waals surface area (Å²) in [6.07, 6.45) is 4.68. The van der Waals surface area contributed by atoms with Crippen LogP contribution in [0.3, 0.4) is 0 Å². The summed E-state index contributed by atoms with van der Waals surface area (Å²) < 4.78 is 5.88. The van der Waals surface area contributed by atoms with E-state index in [1.807, 2.05) is 0 Å². The molecule has 2 saturated heterocycles. The van der Waals surface area contributed by atoms with Gasteiger partial charge in [0.25, 0.3) is 0 Å². The number of rotatable bonds is 4. The Balaban J connectivity index is 1.51. The SMILES string of the molecule is CC1CCN(CCNC(=O)C2(N)C3CCCOC3C2(C)C)CC1. The van der Waals surface area contributed by atoms with Crippen LogP contribution >= 0.6 is 0 Å². The number of ether oxygens (including phenoxy) is 1. The quantitative estimate of drug-likeness (QED) is 0.820. The summed E-state index contributed by atoms with van der Waals surface area (Å²) in [5.74, 6) is 1.02. The molecule has 2 heterocycles. The molecule has 3 atom stereocenters. The second-order valence-corrected chi connectivity index (χ2v) is 8.41. The van der Waals surface area contributed by atoms with Crippen LogP contribution < -0.4 is 11.1 Å². The van der Waals surface area contributed by atoms with Crippen molar-refractivity contribution in [1.82, 2.24) is 10.2 Å². The van der Waals surface area contributed by atoms with Crippen molar-refractivity contribution in [3.8, 4) is 0 Å². The fourth-order valence-electron chi connectivity index (χ4n) is 4.80. The molecule has 0 aromatic heterocycles. The molecule has 3 unspecified atom stereocenters. The first-order chi connectivity index (χ1) is 10.9. The van der Waals surface area contributed by atoms with E-state index in [1.165, 1.54) is 12.8 Å². The van der Waals surface area contributed by atoms with E-state index in [1.54, 1.807) is 0 Å². The van der Waals surface area contributed by atoms with Gasteiger partial charge in [-0.3, -0.25) is 4.79 Å². The van der Waals surface area contributed by atoms with Crippen LogP contribution in [0.2, 0.25) is 0 Å². The van der Waals surface area contributed by atoms with Crippen LogP contribution in [0, 0.1) is 17.3 Å². The lowest BCUT2D eigenvalue weighted by Crippen LogP contribution is -2.82. The van der Waals surface area contributed by atoms with Crippen molar-refractivity contribution in [2.24, 2.45) is 23.0 Å². The Labute approximate surface area is 140 Å². The maximum absolute atomic E-state index is 12.8. The third-order valence-corrected chi connectivity index (χ3v) is 6.65. The molecule has 0 bridgehead atoms. The fraction of sp³-hybridized carbons (Fsp3) is 0.944. The highest BCUT2D eigenvalue weighted by Gasteiger charge is 2.70. The van der Waals surface area contributed by atoms with Gasteiger partial charge >= 0.3 is 0 Å². The molecule has 5 heteroatoms. The van der Waals surface area contributed by atoms with Crippen molar-refractivity contribution in [3.63, 3.8) is 0 Å². The molecule has 132 valence electrons. The maximum Gasteiger partial charge on any atom is 0.241 e. The lowest BCUT2D eigenvalue weighted by molar-refractivity contribution is -0.225. The molecule has 0 aromatic rings. The van der Waals surface area contributed by atoms with E-state index in [0.717, 1.165) is 45.0 Å². The van der Waals surface area contributed by atoms with Gasteiger partial charge in [-0.2, -0.15) is 0 Å². The summed E-state index contributed by atoms with van der Waals surface area (Å²) in [6.45, 7) is 11.2. The number of nitrogens with two attached hydrogens (primary N) is 1. The Morgan fingerprint density at radius 1 is 1.30 bits per heavy atom. The molecule has 23 heavy (non-hydrogen) atoms. The van der Waals surface area contributed by atoms with Crippen LogP contribution in [0.15, 0.2) is 0 Å². The molecule has 3 N–H and O–H groups in total. The van der Waals surface area contributed by atoms with Crippen molar-refractivity contribution in [2.75, 3.05) is 32.8 Å². The number of fused-ring (bicyclic) bond motifs is 1. The minimum absolute atomic E-state index is 0.0135. The largest absolute Gasteiger partial charge is 0.377 e. The van der Waals surface area contributed by atoms with Gasteiger partial charge in [0.2, 0.25) is 5.91 Å². The van der Waals surface area contributed by atoms with Gasteiger partial charge in [0.1, 0.15) is 5.54 Å². The molecule has 3 rings (SSSR count). The van der Waals surface area contributed by atoms with Gasteiger partial charge in [-0.15, -0.1) is 0 Å². The van der Waals surface area contributed by atoms with E-state index >= 15 is 0 Å². The number of likely N-dealkylation sites (tertiary alicyclic amines) is 1. The van der Waals surface area contributed by atoms with Crippen molar-refractivity contribution < 1.29 is 9.53 Å². The molecule has 2 aliphatic heterocycles. The molecular weight excluding hydrogens is 290 g/mol. The van der Waals surface area contributed by atoms with E-state index in [2.05, 4.69) is 31.0 Å². The minimum atomic E-state index is -0.783. The summed E-state index contributed by atoms with van der Waals surface area (Å²) in [6, 6.07) is 0. The Kier molecular flexibility index (Phi) is 4.73. The Hall–Kier alpha value is -0.650. The second-order valence-electron chi connectivity index (χ2n) is 8.41. The molecule has 1 saturated carbocycles. The molecule has 3 fully saturated rings. The molecule has 0 aromatic carbocycles. The van der Waals surface area contributed by atoms with Crippen molar-refractivity contribution >= 4 is 5.91 Å². The van der Waals surface area contributed by atoms with E-state index in [4.69, 9.17) is 10.5 Å². The first kappa shape index (κ1) is 17.2. The molecule has 1 amide bonds.